The number of nitrogens with zero attached hydrogens (tertiary/aromatic N) is 2. The summed E-state index contributed by atoms with van der Waals surface area (Å²) < 4.78 is 1.95. The number of aryl methyl sites for hydroxylation is 2. The molecule has 0 saturated heterocycles. The van der Waals surface area contributed by atoms with Crippen LogP contribution in [0.2, 0.25) is 5.02 Å². The molecule has 1 aromatic carbocycles. The lowest BCUT2D eigenvalue weighted by molar-refractivity contribution is 0.716. The minimum Gasteiger partial charge on any atom is -0.272 e. The molecule has 0 amide bonds. The molecule has 84 valence electrons. The van der Waals surface area contributed by atoms with Crippen molar-refractivity contribution in [2.75, 3.05) is 0 Å². The molecule has 16 heavy (non-hydrogen) atoms. The highest BCUT2D eigenvalue weighted by molar-refractivity contribution is 6.30. The summed E-state index contributed by atoms with van der Waals surface area (Å²) in [6.07, 6.45) is 0.879. The fourth-order valence-electron chi connectivity index (χ4n) is 1.90. The van der Waals surface area contributed by atoms with Crippen molar-refractivity contribution in [1.29, 1.82) is 0 Å². The fourth-order valence-corrected chi connectivity index (χ4v) is 2.11. The first-order chi connectivity index (χ1) is 7.58. The maximum Gasteiger partial charge on any atom is 0.0625 e. The molecular weight excluding hydrogens is 220 g/mol. The van der Waals surface area contributed by atoms with E-state index in [1.165, 1.54) is 16.8 Å². The lowest BCUT2D eigenvalue weighted by Gasteiger charge is -2.04. The summed E-state index contributed by atoms with van der Waals surface area (Å²) in [7, 11) is 1.99. The van der Waals surface area contributed by atoms with Gasteiger partial charge in [0.15, 0.2) is 0 Å². The van der Waals surface area contributed by atoms with E-state index >= 15 is 0 Å². The molecule has 0 spiro atoms. The maximum atomic E-state index is 5.97. The average Bonchev–Trinajstić information content (AvgIpc) is 2.45. The molecule has 1 heterocycles. The molecule has 1 aromatic heterocycles. The molecule has 0 aliphatic rings. The van der Waals surface area contributed by atoms with Crippen molar-refractivity contribution in [2.45, 2.75) is 20.3 Å². The summed E-state index contributed by atoms with van der Waals surface area (Å²) in [4.78, 5) is 0. The van der Waals surface area contributed by atoms with Crippen molar-refractivity contribution in [3.05, 3.63) is 51.8 Å². The predicted molar refractivity (Wildman–Crippen MR) is 66.9 cm³/mol. The van der Waals surface area contributed by atoms with Crippen LogP contribution in [0.1, 0.15) is 22.5 Å². The zero-order valence-electron chi connectivity index (χ0n) is 9.79. The van der Waals surface area contributed by atoms with E-state index in [0.29, 0.717) is 0 Å². The van der Waals surface area contributed by atoms with Gasteiger partial charge in [-0.1, -0.05) is 23.7 Å². The van der Waals surface area contributed by atoms with Gasteiger partial charge < -0.3 is 0 Å². The van der Waals surface area contributed by atoms with Gasteiger partial charge in [-0.25, -0.2) is 0 Å². The quantitative estimate of drug-likeness (QED) is 0.780. The van der Waals surface area contributed by atoms with Crippen molar-refractivity contribution in [1.82, 2.24) is 9.78 Å². The smallest absolute Gasteiger partial charge is 0.0625 e. The number of hydrogen-bond acceptors (Lipinski definition) is 1. The normalized spacial score (nSPS) is 10.8. The summed E-state index contributed by atoms with van der Waals surface area (Å²) in [6, 6.07) is 7.97. The molecule has 0 fully saturated rings. The van der Waals surface area contributed by atoms with Crippen LogP contribution in [0.5, 0.6) is 0 Å². The van der Waals surface area contributed by atoms with Crippen molar-refractivity contribution in [3.63, 3.8) is 0 Å². The largest absolute Gasteiger partial charge is 0.272 e. The van der Waals surface area contributed by atoms with E-state index in [1.54, 1.807) is 0 Å². The number of halogens is 1. The third-order valence-electron chi connectivity index (χ3n) is 2.93. The highest BCUT2D eigenvalue weighted by Gasteiger charge is 2.09. The van der Waals surface area contributed by atoms with Crippen molar-refractivity contribution in [2.24, 2.45) is 7.05 Å². The lowest BCUT2D eigenvalue weighted by atomic mass is 10.1. The molecular formula is C13H15ClN2. The van der Waals surface area contributed by atoms with Crippen LogP contribution < -0.4 is 0 Å². The summed E-state index contributed by atoms with van der Waals surface area (Å²) in [5.74, 6) is 0. The SMILES string of the molecule is Cc1nn(C)c(Cc2cccc(Cl)c2)c1C. The fraction of sp³-hybridized carbons (Fsp3) is 0.308. The Bertz CT molecular complexity index is 515. The predicted octanol–water partition coefficient (Wildman–Crippen LogP) is 3.28. The van der Waals surface area contributed by atoms with Gasteiger partial charge in [-0.2, -0.15) is 5.10 Å². The lowest BCUT2D eigenvalue weighted by Crippen LogP contribution is -2.00. The van der Waals surface area contributed by atoms with Crippen LogP contribution in [0, 0.1) is 13.8 Å². The second-order valence-corrected chi connectivity index (χ2v) is 4.52. The topological polar surface area (TPSA) is 17.8 Å². The van der Waals surface area contributed by atoms with E-state index < -0.39 is 0 Å². The zero-order chi connectivity index (χ0) is 11.7. The Labute approximate surface area is 101 Å². The van der Waals surface area contributed by atoms with Crippen LogP contribution in [-0.2, 0) is 13.5 Å². The van der Waals surface area contributed by atoms with Crippen LogP contribution in [-0.4, -0.2) is 9.78 Å². The first-order valence-corrected chi connectivity index (χ1v) is 5.69. The summed E-state index contributed by atoms with van der Waals surface area (Å²) in [6.45, 7) is 4.15. The average molecular weight is 235 g/mol. The van der Waals surface area contributed by atoms with Crippen molar-refractivity contribution < 1.29 is 0 Å². The van der Waals surface area contributed by atoms with Crippen LogP contribution in [0.15, 0.2) is 24.3 Å². The number of aromatic nitrogens is 2. The highest BCUT2D eigenvalue weighted by atomic mass is 35.5. The first kappa shape index (κ1) is 11.2. The second-order valence-electron chi connectivity index (χ2n) is 4.09. The summed E-state index contributed by atoms with van der Waals surface area (Å²) in [5, 5.41) is 5.20. The Morgan fingerprint density at radius 1 is 1.31 bits per heavy atom. The monoisotopic (exact) mass is 234 g/mol. The van der Waals surface area contributed by atoms with Gasteiger partial charge in [-0.15, -0.1) is 0 Å². The van der Waals surface area contributed by atoms with E-state index in [4.69, 9.17) is 11.6 Å². The Balaban J connectivity index is 2.34. The number of rotatable bonds is 2. The Hall–Kier alpha value is -1.28. The molecule has 0 N–H and O–H groups in total. The summed E-state index contributed by atoms with van der Waals surface area (Å²) >= 11 is 5.97. The molecule has 3 heteroatoms. The maximum absolute atomic E-state index is 5.97. The van der Waals surface area contributed by atoms with Gasteiger partial charge in [-0.3, -0.25) is 4.68 Å². The minimum absolute atomic E-state index is 0.786. The highest BCUT2D eigenvalue weighted by Crippen LogP contribution is 2.18. The van der Waals surface area contributed by atoms with Crippen LogP contribution in [0.25, 0.3) is 0 Å². The third-order valence-corrected chi connectivity index (χ3v) is 3.16. The van der Waals surface area contributed by atoms with Gasteiger partial charge in [-0.05, 0) is 37.1 Å². The van der Waals surface area contributed by atoms with E-state index in [-0.39, 0.29) is 0 Å². The van der Waals surface area contributed by atoms with Crippen LogP contribution >= 0.6 is 11.6 Å². The molecule has 2 nitrogen and oxygen atoms in total. The van der Waals surface area contributed by atoms with Crippen molar-refractivity contribution in [3.8, 4) is 0 Å². The number of benzene rings is 1. The van der Waals surface area contributed by atoms with Gasteiger partial charge in [0.25, 0.3) is 0 Å². The third kappa shape index (κ3) is 2.12. The summed E-state index contributed by atoms with van der Waals surface area (Å²) in [5.41, 5.74) is 4.83. The molecule has 0 bridgehead atoms. The van der Waals surface area contributed by atoms with Crippen molar-refractivity contribution >= 4 is 11.6 Å². The van der Waals surface area contributed by atoms with Gasteiger partial charge in [0, 0.05) is 24.2 Å². The van der Waals surface area contributed by atoms with Crippen LogP contribution in [0.4, 0.5) is 0 Å². The molecule has 0 atom stereocenters. The van der Waals surface area contributed by atoms with Crippen LogP contribution in [0.3, 0.4) is 0 Å². The Kier molecular flexibility index (Phi) is 3.01. The Morgan fingerprint density at radius 2 is 2.06 bits per heavy atom. The van der Waals surface area contributed by atoms with E-state index in [0.717, 1.165) is 17.1 Å². The minimum atomic E-state index is 0.786. The molecule has 0 aliphatic carbocycles. The van der Waals surface area contributed by atoms with Gasteiger partial charge in [0.2, 0.25) is 0 Å². The first-order valence-electron chi connectivity index (χ1n) is 5.31. The molecule has 0 aliphatic heterocycles. The van der Waals surface area contributed by atoms with E-state index in [2.05, 4.69) is 18.1 Å². The molecule has 0 radical (unpaired) electrons. The Morgan fingerprint density at radius 3 is 2.62 bits per heavy atom. The number of hydrogen-bond donors (Lipinski definition) is 0. The van der Waals surface area contributed by atoms with E-state index in [1.807, 2.05) is 36.9 Å². The molecule has 2 rings (SSSR count). The van der Waals surface area contributed by atoms with Gasteiger partial charge in [0.1, 0.15) is 0 Å². The van der Waals surface area contributed by atoms with E-state index in [9.17, 15) is 0 Å². The van der Waals surface area contributed by atoms with Gasteiger partial charge >= 0.3 is 0 Å². The molecule has 0 saturated carbocycles. The zero-order valence-corrected chi connectivity index (χ0v) is 10.5. The standard InChI is InChI=1S/C13H15ClN2/c1-9-10(2)15-16(3)13(9)8-11-5-4-6-12(14)7-11/h4-7H,8H2,1-3H3. The van der Waals surface area contributed by atoms with Gasteiger partial charge in [0.05, 0.1) is 5.69 Å². The molecule has 2 aromatic rings. The molecule has 0 unspecified atom stereocenters. The second kappa shape index (κ2) is 4.30.